The van der Waals surface area contributed by atoms with E-state index in [0.717, 1.165) is 45.2 Å². The number of nitrogens with one attached hydrogen (secondary N) is 2. The number of hydrogen-bond acceptors (Lipinski definition) is 2. The van der Waals surface area contributed by atoms with Crippen LogP contribution in [-0.2, 0) is 4.79 Å². The minimum absolute atomic E-state index is 0.0520. The molecular formula is C32H65N3O2. The molecule has 0 aliphatic rings. The molecule has 0 radical (unpaired) electrons. The van der Waals surface area contributed by atoms with Crippen LogP contribution in [0.5, 0.6) is 0 Å². The number of carbonyl (C=O) groups excluding carboxylic acids is 2. The highest BCUT2D eigenvalue weighted by Crippen LogP contribution is 2.13. The third-order valence-electron chi connectivity index (χ3n) is 7.44. The highest BCUT2D eigenvalue weighted by molar-refractivity contribution is 5.75. The molecule has 0 saturated heterocycles. The van der Waals surface area contributed by atoms with Gasteiger partial charge in [-0.05, 0) is 25.7 Å². The number of nitrogens with zero attached hydrogens (tertiary/aromatic N) is 1. The van der Waals surface area contributed by atoms with Crippen molar-refractivity contribution in [3.05, 3.63) is 0 Å². The first-order valence-electron chi connectivity index (χ1n) is 16.4. The molecule has 3 amide bonds. The van der Waals surface area contributed by atoms with Gasteiger partial charge in [0, 0.05) is 33.1 Å². The van der Waals surface area contributed by atoms with Crippen LogP contribution in [0.4, 0.5) is 4.79 Å². The second-order valence-electron chi connectivity index (χ2n) is 11.2. The number of amides is 3. The van der Waals surface area contributed by atoms with Crippen molar-refractivity contribution >= 4 is 11.9 Å². The lowest BCUT2D eigenvalue weighted by Gasteiger charge is -2.17. The zero-order valence-corrected chi connectivity index (χ0v) is 25.4. The molecular weight excluding hydrogens is 458 g/mol. The van der Waals surface area contributed by atoms with E-state index in [4.69, 9.17) is 0 Å². The van der Waals surface area contributed by atoms with Crippen LogP contribution in [-0.4, -0.2) is 43.5 Å². The van der Waals surface area contributed by atoms with Crippen molar-refractivity contribution in [1.29, 1.82) is 0 Å². The van der Waals surface area contributed by atoms with Crippen molar-refractivity contribution in [1.82, 2.24) is 15.5 Å². The smallest absolute Gasteiger partial charge is 0.314 e. The molecule has 0 aromatic heterocycles. The fourth-order valence-corrected chi connectivity index (χ4v) is 4.81. The highest BCUT2D eigenvalue weighted by atomic mass is 16.2. The SMILES string of the molecule is CCCCCCCCCCCCCCCCCCNC(=O)NCCCCCC(=O)N(C)CCCCCC. The van der Waals surface area contributed by atoms with E-state index < -0.39 is 0 Å². The van der Waals surface area contributed by atoms with Crippen molar-refractivity contribution in [2.75, 3.05) is 26.7 Å². The average Bonchev–Trinajstić information content (AvgIpc) is 2.90. The molecule has 0 aromatic rings. The monoisotopic (exact) mass is 524 g/mol. The van der Waals surface area contributed by atoms with Crippen LogP contribution in [0.15, 0.2) is 0 Å². The van der Waals surface area contributed by atoms with E-state index in [1.807, 2.05) is 11.9 Å². The first-order chi connectivity index (χ1) is 18.1. The highest BCUT2D eigenvalue weighted by Gasteiger charge is 2.07. The van der Waals surface area contributed by atoms with Crippen LogP contribution >= 0.6 is 0 Å². The molecule has 0 fully saturated rings. The summed E-state index contributed by atoms with van der Waals surface area (Å²) in [5, 5.41) is 5.92. The first kappa shape index (κ1) is 35.7. The van der Waals surface area contributed by atoms with Crippen LogP contribution in [0, 0.1) is 0 Å². The summed E-state index contributed by atoms with van der Waals surface area (Å²) >= 11 is 0. The van der Waals surface area contributed by atoms with Gasteiger partial charge in [0.2, 0.25) is 5.91 Å². The summed E-state index contributed by atoms with van der Waals surface area (Å²) in [4.78, 5) is 25.9. The molecule has 220 valence electrons. The van der Waals surface area contributed by atoms with E-state index in [2.05, 4.69) is 24.5 Å². The standard InChI is InChI=1S/C32H65N3O2/c1-4-6-8-10-11-12-13-14-15-16-17-18-19-20-21-24-28-33-32(37)34-29-25-22-23-27-31(36)35(3)30-26-9-7-5-2/h4-30H2,1-3H3,(H2,33,34,37). The number of urea groups is 1. The van der Waals surface area contributed by atoms with E-state index in [-0.39, 0.29) is 11.9 Å². The Morgan fingerprint density at radius 3 is 1.27 bits per heavy atom. The molecule has 0 unspecified atom stereocenters. The Hall–Kier alpha value is -1.26. The zero-order valence-electron chi connectivity index (χ0n) is 25.4. The van der Waals surface area contributed by atoms with Gasteiger partial charge in [-0.2, -0.15) is 0 Å². The fourth-order valence-electron chi connectivity index (χ4n) is 4.81. The van der Waals surface area contributed by atoms with Crippen molar-refractivity contribution in [3.63, 3.8) is 0 Å². The summed E-state index contributed by atoms with van der Waals surface area (Å²) in [5.74, 6) is 0.251. The van der Waals surface area contributed by atoms with E-state index in [0.29, 0.717) is 13.0 Å². The Balaban J connectivity index is 3.30. The molecule has 0 atom stereocenters. The Kier molecular flexibility index (Phi) is 28.3. The normalized spacial score (nSPS) is 11.0. The Bertz CT molecular complexity index is 498. The topological polar surface area (TPSA) is 61.4 Å². The summed E-state index contributed by atoms with van der Waals surface area (Å²) in [6.07, 6.45) is 30.1. The summed E-state index contributed by atoms with van der Waals surface area (Å²) in [7, 11) is 1.92. The number of hydrogen-bond donors (Lipinski definition) is 2. The van der Waals surface area contributed by atoms with Gasteiger partial charge in [0.1, 0.15) is 0 Å². The van der Waals surface area contributed by atoms with Crippen molar-refractivity contribution < 1.29 is 9.59 Å². The maximum atomic E-state index is 12.1. The number of unbranched alkanes of at least 4 members (excludes halogenated alkanes) is 20. The molecule has 0 spiro atoms. The predicted octanol–water partition coefficient (Wildman–Crippen LogP) is 9.15. The van der Waals surface area contributed by atoms with Gasteiger partial charge >= 0.3 is 6.03 Å². The minimum Gasteiger partial charge on any atom is -0.346 e. The molecule has 0 rings (SSSR count). The maximum Gasteiger partial charge on any atom is 0.314 e. The molecule has 5 nitrogen and oxygen atoms in total. The van der Waals surface area contributed by atoms with Crippen LogP contribution < -0.4 is 10.6 Å². The van der Waals surface area contributed by atoms with Gasteiger partial charge in [-0.25, -0.2) is 4.79 Å². The quantitative estimate of drug-likeness (QED) is 0.100. The molecule has 0 bridgehead atoms. The molecule has 0 aliphatic carbocycles. The van der Waals surface area contributed by atoms with E-state index in [1.165, 1.54) is 116 Å². The average molecular weight is 524 g/mol. The first-order valence-corrected chi connectivity index (χ1v) is 16.4. The Morgan fingerprint density at radius 2 is 0.838 bits per heavy atom. The van der Waals surface area contributed by atoms with Gasteiger partial charge in [0.15, 0.2) is 0 Å². The van der Waals surface area contributed by atoms with Gasteiger partial charge in [-0.1, -0.05) is 136 Å². The van der Waals surface area contributed by atoms with Crippen LogP contribution in [0.25, 0.3) is 0 Å². The fraction of sp³-hybridized carbons (Fsp3) is 0.938. The van der Waals surface area contributed by atoms with Crippen molar-refractivity contribution in [3.8, 4) is 0 Å². The summed E-state index contributed by atoms with van der Waals surface area (Å²) in [6.45, 7) is 6.82. The van der Waals surface area contributed by atoms with Gasteiger partial charge < -0.3 is 15.5 Å². The Morgan fingerprint density at radius 1 is 0.486 bits per heavy atom. The third-order valence-corrected chi connectivity index (χ3v) is 7.44. The second-order valence-corrected chi connectivity index (χ2v) is 11.2. The summed E-state index contributed by atoms with van der Waals surface area (Å²) < 4.78 is 0. The van der Waals surface area contributed by atoms with Gasteiger partial charge in [-0.3, -0.25) is 4.79 Å². The third kappa shape index (κ3) is 27.6. The number of carbonyl (C=O) groups is 2. The lowest BCUT2D eigenvalue weighted by molar-refractivity contribution is -0.130. The van der Waals surface area contributed by atoms with Gasteiger partial charge in [-0.15, -0.1) is 0 Å². The van der Waals surface area contributed by atoms with E-state index in [1.54, 1.807) is 0 Å². The van der Waals surface area contributed by atoms with Gasteiger partial charge in [0.05, 0.1) is 0 Å². The summed E-state index contributed by atoms with van der Waals surface area (Å²) in [5.41, 5.74) is 0. The van der Waals surface area contributed by atoms with Crippen LogP contribution in [0.2, 0.25) is 0 Å². The van der Waals surface area contributed by atoms with E-state index in [9.17, 15) is 9.59 Å². The molecule has 5 heteroatoms. The largest absolute Gasteiger partial charge is 0.346 e. The zero-order chi connectivity index (χ0) is 27.2. The molecule has 37 heavy (non-hydrogen) atoms. The molecule has 0 saturated carbocycles. The molecule has 0 heterocycles. The van der Waals surface area contributed by atoms with Gasteiger partial charge in [0.25, 0.3) is 0 Å². The predicted molar refractivity (Wildman–Crippen MR) is 161 cm³/mol. The van der Waals surface area contributed by atoms with Crippen molar-refractivity contribution in [2.45, 2.75) is 168 Å². The van der Waals surface area contributed by atoms with E-state index >= 15 is 0 Å². The maximum absolute atomic E-state index is 12.1. The molecule has 0 aromatic carbocycles. The lowest BCUT2D eigenvalue weighted by atomic mass is 10.0. The Labute approximate surface area is 231 Å². The lowest BCUT2D eigenvalue weighted by Crippen LogP contribution is -2.36. The van der Waals surface area contributed by atoms with Crippen LogP contribution in [0.1, 0.15) is 168 Å². The summed E-state index contributed by atoms with van der Waals surface area (Å²) in [6, 6.07) is -0.0520. The van der Waals surface area contributed by atoms with Crippen LogP contribution in [0.3, 0.4) is 0 Å². The van der Waals surface area contributed by atoms with Crippen molar-refractivity contribution in [2.24, 2.45) is 0 Å². The number of rotatable bonds is 28. The molecule has 0 aliphatic heterocycles. The second kappa shape index (κ2) is 29.3. The molecule has 2 N–H and O–H groups in total. The minimum atomic E-state index is -0.0520.